The van der Waals surface area contributed by atoms with Crippen LogP contribution in [0.2, 0.25) is 0 Å². The summed E-state index contributed by atoms with van der Waals surface area (Å²) in [6.45, 7) is 0. The van der Waals surface area contributed by atoms with Crippen molar-refractivity contribution in [3.8, 4) is 44.9 Å². The van der Waals surface area contributed by atoms with Crippen LogP contribution in [-0.2, 0) is 5.41 Å². The van der Waals surface area contributed by atoms with Gasteiger partial charge in [-0.25, -0.2) is 9.97 Å². The van der Waals surface area contributed by atoms with E-state index in [9.17, 15) is 0 Å². The van der Waals surface area contributed by atoms with E-state index in [1.165, 1.54) is 44.5 Å². The Balaban J connectivity index is 1.13. The molecule has 1 aliphatic rings. The molecule has 252 valence electrons. The van der Waals surface area contributed by atoms with Gasteiger partial charge >= 0.3 is 0 Å². The first-order chi connectivity index (χ1) is 26.8. The van der Waals surface area contributed by atoms with Crippen LogP contribution in [0.15, 0.2) is 199 Å². The second-order valence-corrected chi connectivity index (χ2v) is 14.1. The average Bonchev–Trinajstić information content (AvgIpc) is 3.76. The molecule has 54 heavy (non-hydrogen) atoms. The molecule has 0 bridgehead atoms. The van der Waals surface area contributed by atoms with Gasteiger partial charge in [0.1, 0.15) is 11.2 Å². The maximum Gasteiger partial charge on any atom is 0.164 e. The number of rotatable bonds is 5. The molecule has 0 saturated heterocycles. The topological polar surface area (TPSA) is 38.9 Å². The van der Waals surface area contributed by atoms with Crippen molar-refractivity contribution in [2.75, 3.05) is 0 Å². The smallest absolute Gasteiger partial charge is 0.164 e. The standard InChI is InChI=1S/C51H32N2O/c1-4-15-33(16-5-1)34-27-29-35(30-28-34)48-40-22-11-13-26-46(40)52-50(53-48)41-24-14-23-39-43-31-42-38-21-10-12-25-44(38)51(36-17-6-2-7-18-36,37-19-8-3-9-20-37)45(42)32-47(43)54-49(39)41/h1-32H. The van der Waals surface area contributed by atoms with E-state index in [0.717, 1.165) is 49.7 Å². The molecule has 0 radical (unpaired) electrons. The maximum atomic E-state index is 6.97. The van der Waals surface area contributed by atoms with Crippen LogP contribution >= 0.6 is 0 Å². The van der Waals surface area contributed by atoms with Crippen LogP contribution in [0.4, 0.5) is 0 Å². The van der Waals surface area contributed by atoms with Crippen LogP contribution in [0, 0.1) is 0 Å². The summed E-state index contributed by atoms with van der Waals surface area (Å²) in [7, 11) is 0. The predicted molar refractivity (Wildman–Crippen MR) is 220 cm³/mol. The molecule has 3 nitrogen and oxygen atoms in total. The number of furan rings is 1. The van der Waals surface area contributed by atoms with Crippen LogP contribution in [0.3, 0.4) is 0 Å². The molecule has 1 aliphatic carbocycles. The number of aromatic nitrogens is 2. The molecular formula is C51H32N2O. The van der Waals surface area contributed by atoms with E-state index in [-0.39, 0.29) is 0 Å². The van der Waals surface area contributed by atoms with Gasteiger partial charge < -0.3 is 4.42 Å². The first-order valence-corrected chi connectivity index (χ1v) is 18.4. The summed E-state index contributed by atoms with van der Waals surface area (Å²) in [5, 5.41) is 3.14. The lowest BCUT2D eigenvalue weighted by atomic mass is 9.67. The molecular weight excluding hydrogens is 657 g/mol. The van der Waals surface area contributed by atoms with Gasteiger partial charge in [-0.2, -0.15) is 0 Å². The number of fused-ring (bicyclic) bond motifs is 7. The molecule has 10 aromatic rings. The molecule has 3 heteroatoms. The van der Waals surface area contributed by atoms with E-state index in [2.05, 4.69) is 182 Å². The Bertz CT molecular complexity index is 2980. The van der Waals surface area contributed by atoms with Crippen molar-refractivity contribution in [3.05, 3.63) is 216 Å². The molecule has 2 aromatic heterocycles. The number of hydrogen-bond acceptors (Lipinski definition) is 3. The lowest BCUT2D eigenvalue weighted by Gasteiger charge is -2.33. The summed E-state index contributed by atoms with van der Waals surface area (Å²) >= 11 is 0. The third-order valence-corrected chi connectivity index (χ3v) is 11.2. The quantitative estimate of drug-likeness (QED) is 0.181. The highest BCUT2D eigenvalue weighted by molar-refractivity contribution is 6.12. The van der Waals surface area contributed by atoms with Crippen LogP contribution in [0.5, 0.6) is 0 Å². The number of hydrogen-bond donors (Lipinski definition) is 0. The Hall–Kier alpha value is -7.10. The Kier molecular flexibility index (Phi) is 6.77. The average molecular weight is 689 g/mol. The van der Waals surface area contributed by atoms with Crippen molar-refractivity contribution < 1.29 is 4.42 Å². The van der Waals surface area contributed by atoms with Crippen molar-refractivity contribution in [1.29, 1.82) is 0 Å². The van der Waals surface area contributed by atoms with Gasteiger partial charge in [-0.05, 0) is 68.8 Å². The van der Waals surface area contributed by atoms with Crippen LogP contribution < -0.4 is 0 Å². The van der Waals surface area contributed by atoms with E-state index in [1.807, 2.05) is 12.1 Å². The van der Waals surface area contributed by atoms with Gasteiger partial charge in [0, 0.05) is 21.7 Å². The summed E-state index contributed by atoms with van der Waals surface area (Å²) < 4.78 is 6.97. The van der Waals surface area contributed by atoms with Crippen molar-refractivity contribution >= 4 is 32.8 Å². The predicted octanol–water partition coefficient (Wildman–Crippen LogP) is 12.9. The van der Waals surface area contributed by atoms with E-state index in [1.54, 1.807) is 0 Å². The maximum absolute atomic E-state index is 6.97. The largest absolute Gasteiger partial charge is 0.455 e. The van der Waals surface area contributed by atoms with Gasteiger partial charge in [0.25, 0.3) is 0 Å². The molecule has 0 fully saturated rings. The minimum atomic E-state index is -0.503. The van der Waals surface area contributed by atoms with Crippen LogP contribution in [-0.4, -0.2) is 9.97 Å². The Labute approximate surface area is 312 Å². The number of benzene rings is 8. The second kappa shape index (κ2) is 12.0. The lowest BCUT2D eigenvalue weighted by Crippen LogP contribution is -2.28. The lowest BCUT2D eigenvalue weighted by molar-refractivity contribution is 0.666. The van der Waals surface area contributed by atoms with E-state index in [4.69, 9.17) is 14.4 Å². The molecule has 0 saturated carbocycles. The van der Waals surface area contributed by atoms with Gasteiger partial charge in [0.05, 0.1) is 22.2 Å². The van der Waals surface area contributed by atoms with Crippen LogP contribution in [0.25, 0.3) is 77.7 Å². The van der Waals surface area contributed by atoms with Gasteiger partial charge in [-0.1, -0.05) is 170 Å². The molecule has 0 unspecified atom stereocenters. The Morgan fingerprint density at radius 3 is 1.74 bits per heavy atom. The van der Waals surface area contributed by atoms with E-state index < -0.39 is 5.41 Å². The van der Waals surface area contributed by atoms with Gasteiger partial charge in [-0.3, -0.25) is 0 Å². The molecule has 0 aliphatic heterocycles. The van der Waals surface area contributed by atoms with Gasteiger partial charge in [0.15, 0.2) is 5.82 Å². The fraction of sp³-hybridized carbons (Fsp3) is 0.0196. The number of para-hydroxylation sites is 2. The van der Waals surface area contributed by atoms with Crippen molar-refractivity contribution in [1.82, 2.24) is 9.97 Å². The summed E-state index contributed by atoms with van der Waals surface area (Å²) in [6, 6.07) is 69.0. The summed E-state index contributed by atoms with van der Waals surface area (Å²) in [5.41, 5.74) is 14.6. The Morgan fingerprint density at radius 1 is 0.389 bits per heavy atom. The zero-order valence-corrected chi connectivity index (χ0v) is 29.3. The summed E-state index contributed by atoms with van der Waals surface area (Å²) in [6.07, 6.45) is 0. The highest BCUT2D eigenvalue weighted by Gasteiger charge is 2.46. The molecule has 0 spiro atoms. The molecule has 2 heterocycles. The summed E-state index contributed by atoms with van der Waals surface area (Å²) in [5.74, 6) is 0.640. The van der Waals surface area contributed by atoms with Crippen molar-refractivity contribution in [3.63, 3.8) is 0 Å². The monoisotopic (exact) mass is 688 g/mol. The molecule has 0 N–H and O–H groups in total. The van der Waals surface area contributed by atoms with Crippen molar-refractivity contribution in [2.24, 2.45) is 0 Å². The van der Waals surface area contributed by atoms with Crippen molar-refractivity contribution in [2.45, 2.75) is 5.41 Å². The minimum absolute atomic E-state index is 0.503. The second-order valence-electron chi connectivity index (χ2n) is 14.1. The molecule has 0 atom stereocenters. The number of nitrogens with zero attached hydrogens (tertiary/aromatic N) is 2. The highest BCUT2D eigenvalue weighted by atomic mass is 16.3. The third-order valence-electron chi connectivity index (χ3n) is 11.2. The molecule has 8 aromatic carbocycles. The normalized spacial score (nSPS) is 13.0. The summed E-state index contributed by atoms with van der Waals surface area (Å²) in [4.78, 5) is 10.4. The van der Waals surface area contributed by atoms with Gasteiger partial charge in [-0.15, -0.1) is 0 Å². The van der Waals surface area contributed by atoms with E-state index >= 15 is 0 Å². The highest BCUT2D eigenvalue weighted by Crippen LogP contribution is 2.57. The minimum Gasteiger partial charge on any atom is -0.455 e. The zero-order valence-electron chi connectivity index (χ0n) is 29.3. The third kappa shape index (κ3) is 4.49. The molecule has 0 amide bonds. The fourth-order valence-corrected chi connectivity index (χ4v) is 8.78. The fourth-order valence-electron chi connectivity index (χ4n) is 8.78. The first kappa shape index (κ1) is 30.5. The SMILES string of the molecule is c1ccc(-c2ccc(-c3nc(-c4cccc5c4oc4cc6c(cc45)-c4ccccc4C6(c4ccccc4)c4ccccc4)nc4ccccc34)cc2)cc1. The van der Waals surface area contributed by atoms with Gasteiger partial charge in [0.2, 0.25) is 0 Å². The van der Waals surface area contributed by atoms with E-state index in [0.29, 0.717) is 5.82 Å². The Morgan fingerprint density at radius 2 is 0.981 bits per heavy atom. The van der Waals surface area contributed by atoms with Crippen LogP contribution in [0.1, 0.15) is 22.3 Å². The zero-order chi connectivity index (χ0) is 35.6. The first-order valence-electron chi connectivity index (χ1n) is 18.4. The molecule has 11 rings (SSSR count).